The highest BCUT2D eigenvalue weighted by molar-refractivity contribution is 7.91. The van der Waals surface area contributed by atoms with Crippen LogP contribution in [0.2, 0.25) is 30.1 Å². The number of rotatable bonds is 8. The van der Waals surface area contributed by atoms with Crippen LogP contribution in [-0.2, 0) is 31.2 Å². The minimum Gasteiger partial charge on any atom is -0.506 e. The summed E-state index contributed by atoms with van der Waals surface area (Å²) in [6.45, 7) is 3.06. The smallest absolute Gasteiger partial charge is 0.162 e. The minimum absolute atomic E-state index is 0. The first kappa shape index (κ1) is 39.2. The van der Waals surface area contributed by atoms with E-state index in [4.69, 9.17) is 69.6 Å². The molecule has 0 saturated carbocycles. The molecule has 2 atom stereocenters. The van der Waals surface area contributed by atoms with E-state index in [1.54, 1.807) is 24.3 Å². The van der Waals surface area contributed by atoms with Gasteiger partial charge in [-0.3, -0.25) is 9.97 Å². The predicted molar refractivity (Wildman–Crippen MR) is 184 cm³/mol. The third kappa shape index (κ3) is 11.0. The van der Waals surface area contributed by atoms with E-state index in [2.05, 4.69) is 9.97 Å². The molecule has 0 spiro atoms. The summed E-state index contributed by atoms with van der Waals surface area (Å²) >= 11 is 35.0. The number of pyridine rings is 2. The normalized spacial score (nSPS) is 12.8. The van der Waals surface area contributed by atoms with Gasteiger partial charge in [-0.1, -0.05) is 77.0 Å². The number of benzene rings is 2. The van der Waals surface area contributed by atoms with Crippen LogP contribution >= 0.6 is 69.6 Å². The van der Waals surface area contributed by atoms with Crippen LogP contribution in [0, 0.1) is 0 Å². The molecule has 45 heavy (non-hydrogen) atoms. The molecule has 0 amide bonds. The summed E-state index contributed by atoms with van der Waals surface area (Å²) < 4.78 is 50.0. The van der Waals surface area contributed by atoms with Crippen LogP contribution in [0.25, 0.3) is 0 Å². The van der Waals surface area contributed by atoms with Crippen molar-refractivity contribution in [2.24, 2.45) is 0 Å². The van der Waals surface area contributed by atoms with Crippen molar-refractivity contribution < 1.29 is 27.0 Å². The number of aromatic nitrogens is 2. The highest BCUT2D eigenvalue weighted by atomic mass is 35.5. The van der Waals surface area contributed by atoms with E-state index in [1.165, 1.54) is 50.5 Å². The highest BCUT2D eigenvalue weighted by Crippen LogP contribution is 2.33. The molecule has 0 aliphatic carbocycles. The van der Waals surface area contributed by atoms with Gasteiger partial charge in [-0.25, -0.2) is 16.8 Å². The van der Waals surface area contributed by atoms with Crippen molar-refractivity contribution in [1.82, 2.24) is 9.97 Å². The van der Waals surface area contributed by atoms with Crippen molar-refractivity contribution in [1.29, 1.82) is 0 Å². The second-order valence-corrected chi connectivity index (χ2v) is 16.8. The Bertz CT molecular complexity index is 1720. The highest BCUT2D eigenvalue weighted by Gasteiger charge is 2.27. The predicted octanol–water partition coefficient (Wildman–Crippen LogP) is 9.48. The van der Waals surface area contributed by atoms with E-state index in [0.29, 0.717) is 31.2 Å². The van der Waals surface area contributed by atoms with Gasteiger partial charge in [0.2, 0.25) is 0 Å². The summed E-state index contributed by atoms with van der Waals surface area (Å²) in [4.78, 5) is 7.72. The Morgan fingerprint density at radius 1 is 0.556 bits per heavy atom. The standard InChI is InChI=1S/2C14H12Cl3NO3S.CH4/c2*1-8(9-2-10(15)4-11(16)3-9)22(20,21)7-13-14(19)5-12(17)6-18-13;/h2*2-6,8,19H,7H2,1H3;1H4/t2*8-;/m10./s1. The fourth-order valence-corrected chi connectivity index (χ4v) is 8.00. The molecule has 2 aromatic carbocycles. The number of aromatic hydroxyl groups is 2. The number of hydrogen-bond acceptors (Lipinski definition) is 8. The van der Waals surface area contributed by atoms with E-state index in [1.807, 2.05) is 0 Å². The average molecular weight is 777 g/mol. The van der Waals surface area contributed by atoms with Gasteiger partial charge in [0.15, 0.2) is 19.7 Å². The molecule has 2 heterocycles. The van der Waals surface area contributed by atoms with Gasteiger partial charge in [-0.15, -0.1) is 0 Å². The SMILES string of the molecule is C.C[C@@H](c1cc(Cl)cc(Cl)c1)S(=O)(=O)Cc1ncc(Cl)cc1O.C[C@H](c1cc(Cl)cc(Cl)c1)S(=O)(=O)Cc1ncc(Cl)cc1O. The molecule has 16 heteroatoms. The summed E-state index contributed by atoms with van der Waals surface area (Å²) in [6.07, 6.45) is 2.57. The number of nitrogens with zero attached hydrogens (tertiary/aromatic N) is 2. The lowest BCUT2D eigenvalue weighted by molar-refractivity contribution is 0.465. The summed E-state index contributed by atoms with van der Waals surface area (Å²) in [5, 5.41) is 19.7. The van der Waals surface area contributed by atoms with Crippen molar-refractivity contribution in [3.63, 3.8) is 0 Å². The van der Waals surface area contributed by atoms with Crippen LogP contribution in [0.3, 0.4) is 0 Å². The van der Waals surface area contributed by atoms with Crippen LogP contribution in [0.4, 0.5) is 0 Å². The topological polar surface area (TPSA) is 135 Å². The Morgan fingerprint density at radius 2 is 0.844 bits per heavy atom. The summed E-state index contributed by atoms with van der Waals surface area (Å²) in [6, 6.07) is 11.7. The molecule has 2 aromatic heterocycles. The van der Waals surface area contributed by atoms with Crippen molar-refractivity contribution in [2.75, 3.05) is 0 Å². The van der Waals surface area contributed by atoms with Crippen LogP contribution in [0.5, 0.6) is 11.5 Å². The maximum atomic E-state index is 12.5. The van der Waals surface area contributed by atoms with Gasteiger partial charge in [0.05, 0.1) is 43.4 Å². The molecule has 0 fully saturated rings. The summed E-state index contributed by atoms with van der Waals surface area (Å²) in [5.41, 5.74) is 1.05. The Balaban J connectivity index is 0.000000307. The van der Waals surface area contributed by atoms with E-state index in [-0.39, 0.29) is 40.4 Å². The summed E-state index contributed by atoms with van der Waals surface area (Å²) in [5.74, 6) is -1.34. The maximum Gasteiger partial charge on any atom is 0.162 e. The largest absolute Gasteiger partial charge is 0.506 e. The molecule has 0 unspecified atom stereocenters. The Morgan fingerprint density at radius 3 is 1.11 bits per heavy atom. The fraction of sp³-hybridized carbons (Fsp3) is 0.241. The van der Waals surface area contributed by atoms with Gasteiger partial charge >= 0.3 is 0 Å². The van der Waals surface area contributed by atoms with E-state index in [0.717, 1.165) is 0 Å². The lowest BCUT2D eigenvalue weighted by Gasteiger charge is -2.14. The molecule has 4 aromatic rings. The monoisotopic (exact) mass is 774 g/mol. The molecule has 0 aliphatic rings. The first-order valence-electron chi connectivity index (χ1n) is 12.4. The van der Waals surface area contributed by atoms with Crippen molar-refractivity contribution in [3.05, 3.63) is 114 Å². The van der Waals surface area contributed by atoms with Gasteiger partial charge < -0.3 is 10.2 Å². The lowest BCUT2D eigenvalue weighted by atomic mass is 10.2. The molecular weight excluding hydrogens is 749 g/mol. The van der Waals surface area contributed by atoms with E-state index < -0.39 is 41.7 Å². The van der Waals surface area contributed by atoms with Gasteiger partial charge in [0.1, 0.15) is 11.5 Å². The minimum atomic E-state index is -3.62. The van der Waals surface area contributed by atoms with Crippen LogP contribution < -0.4 is 0 Å². The average Bonchev–Trinajstić information content (AvgIpc) is 2.90. The molecular formula is C29H28Cl6N2O6S2. The van der Waals surface area contributed by atoms with Crippen LogP contribution in [-0.4, -0.2) is 37.0 Å². The number of halogens is 6. The van der Waals surface area contributed by atoms with Gasteiger partial charge in [-0.2, -0.15) is 0 Å². The molecule has 0 bridgehead atoms. The van der Waals surface area contributed by atoms with Crippen molar-refractivity contribution in [3.8, 4) is 11.5 Å². The van der Waals surface area contributed by atoms with Crippen molar-refractivity contribution >= 4 is 89.3 Å². The Kier molecular flexibility index (Phi) is 14.1. The maximum absolute atomic E-state index is 12.5. The molecule has 4 rings (SSSR count). The molecule has 8 nitrogen and oxygen atoms in total. The van der Waals surface area contributed by atoms with Crippen molar-refractivity contribution in [2.45, 2.75) is 43.3 Å². The second kappa shape index (κ2) is 16.2. The first-order valence-corrected chi connectivity index (χ1v) is 18.1. The first-order chi connectivity index (χ1) is 20.4. The zero-order valence-corrected chi connectivity index (χ0v) is 29.0. The third-order valence-corrected chi connectivity index (χ3v) is 11.6. The zero-order chi connectivity index (χ0) is 33.0. The Hall–Kier alpha value is -2.02. The van der Waals surface area contributed by atoms with E-state index >= 15 is 0 Å². The quantitative estimate of drug-likeness (QED) is 0.181. The lowest BCUT2D eigenvalue weighted by Crippen LogP contribution is -2.14. The van der Waals surface area contributed by atoms with Gasteiger partial charge in [0, 0.05) is 44.6 Å². The fourth-order valence-electron chi connectivity index (χ4n) is 3.80. The summed E-state index contributed by atoms with van der Waals surface area (Å²) in [7, 11) is -7.24. The number of sulfone groups is 2. The third-order valence-electron chi connectivity index (χ3n) is 6.29. The molecule has 0 radical (unpaired) electrons. The van der Waals surface area contributed by atoms with Gasteiger partial charge in [0.25, 0.3) is 0 Å². The molecule has 2 N–H and O–H groups in total. The van der Waals surface area contributed by atoms with Crippen LogP contribution in [0.15, 0.2) is 60.9 Å². The molecule has 244 valence electrons. The zero-order valence-electron chi connectivity index (χ0n) is 22.8. The second-order valence-electron chi connectivity index (χ2n) is 9.54. The van der Waals surface area contributed by atoms with Gasteiger partial charge in [-0.05, 0) is 61.4 Å². The Labute approximate surface area is 292 Å². The number of hydrogen-bond donors (Lipinski definition) is 2. The van der Waals surface area contributed by atoms with E-state index in [9.17, 15) is 27.0 Å². The molecule has 0 saturated heterocycles. The van der Waals surface area contributed by atoms with Crippen LogP contribution in [0.1, 0.15) is 54.3 Å². The molecule has 0 aliphatic heterocycles.